The Hall–Kier alpha value is -2.66. The van der Waals surface area contributed by atoms with Crippen molar-refractivity contribution in [3.63, 3.8) is 0 Å². The average Bonchev–Trinajstić information content (AvgIpc) is 2.98. The summed E-state index contributed by atoms with van der Waals surface area (Å²) in [5.74, 6) is 0.769. The number of benzene rings is 2. The summed E-state index contributed by atoms with van der Waals surface area (Å²) in [4.78, 5) is 17.7. The maximum atomic E-state index is 12.0. The molecule has 0 spiro atoms. The number of thiazole rings is 1. The van der Waals surface area contributed by atoms with Crippen molar-refractivity contribution in [3.05, 3.63) is 71.1 Å². The second-order valence-corrected chi connectivity index (χ2v) is 6.47. The van der Waals surface area contributed by atoms with Crippen molar-refractivity contribution in [1.29, 1.82) is 0 Å². The quantitative estimate of drug-likeness (QED) is 0.753. The maximum absolute atomic E-state index is 12.0. The number of anilines is 3. The molecule has 0 aliphatic carbocycles. The number of hydrogen-bond acceptors (Lipinski definition) is 4. The highest BCUT2D eigenvalue weighted by Gasteiger charge is 2.30. The van der Waals surface area contributed by atoms with Crippen molar-refractivity contribution < 1.29 is 4.79 Å². The zero-order chi connectivity index (χ0) is 15.6. The van der Waals surface area contributed by atoms with Gasteiger partial charge in [0, 0.05) is 18.0 Å². The number of para-hydroxylation sites is 1. The summed E-state index contributed by atoms with van der Waals surface area (Å²) in [5, 5.41) is 6.99. The lowest BCUT2D eigenvalue weighted by atomic mass is 9.92. The highest BCUT2D eigenvalue weighted by Crippen LogP contribution is 2.42. The van der Waals surface area contributed by atoms with Crippen LogP contribution in [0.1, 0.15) is 22.8 Å². The second-order valence-electron chi connectivity index (χ2n) is 5.44. The lowest BCUT2D eigenvalue weighted by Crippen LogP contribution is -2.22. The van der Waals surface area contributed by atoms with Gasteiger partial charge in [0.2, 0.25) is 5.91 Å². The van der Waals surface area contributed by atoms with E-state index in [9.17, 15) is 4.79 Å². The minimum atomic E-state index is 0.0166. The first-order chi connectivity index (χ1) is 11.3. The van der Waals surface area contributed by atoms with Gasteiger partial charge in [-0.15, -0.1) is 0 Å². The fraction of sp³-hybridized carbons (Fsp3) is 0.111. The topological polar surface area (TPSA) is 54.0 Å². The summed E-state index contributed by atoms with van der Waals surface area (Å²) in [7, 11) is 0. The van der Waals surface area contributed by atoms with Crippen molar-refractivity contribution in [2.45, 2.75) is 12.3 Å². The van der Waals surface area contributed by atoms with Gasteiger partial charge in [0.1, 0.15) is 5.82 Å². The van der Waals surface area contributed by atoms with E-state index >= 15 is 0 Å². The van der Waals surface area contributed by atoms with E-state index < -0.39 is 0 Å². The van der Waals surface area contributed by atoms with Crippen LogP contribution in [0.2, 0.25) is 0 Å². The Morgan fingerprint density at radius 1 is 1.04 bits per heavy atom. The molecule has 5 heteroatoms. The molecule has 1 aliphatic rings. The van der Waals surface area contributed by atoms with Gasteiger partial charge >= 0.3 is 0 Å². The van der Waals surface area contributed by atoms with Crippen molar-refractivity contribution >= 4 is 33.9 Å². The number of amides is 1. The molecule has 1 aliphatic heterocycles. The Balaban J connectivity index is 1.69. The van der Waals surface area contributed by atoms with Gasteiger partial charge in [0.25, 0.3) is 0 Å². The summed E-state index contributed by atoms with van der Waals surface area (Å²) in [5.41, 5.74) is 2.14. The maximum Gasteiger partial charge on any atom is 0.226 e. The highest BCUT2D eigenvalue weighted by atomic mass is 32.1. The number of aromatic nitrogens is 1. The molecule has 23 heavy (non-hydrogen) atoms. The molecule has 0 bridgehead atoms. The number of carbonyl (C=O) groups excluding carboxylic acids is 1. The van der Waals surface area contributed by atoms with E-state index in [0.717, 1.165) is 21.3 Å². The fourth-order valence-corrected chi connectivity index (χ4v) is 3.84. The molecular weight excluding hydrogens is 306 g/mol. The van der Waals surface area contributed by atoms with Crippen LogP contribution in [0.15, 0.2) is 60.7 Å². The van der Waals surface area contributed by atoms with E-state index in [1.807, 2.05) is 48.5 Å². The van der Waals surface area contributed by atoms with Gasteiger partial charge in [-0.2, -0.15) is 0 Å². The van der Waals surface area contributed by atoms with Gasteiger partial charge in [0.15, 0.2) is 5.13 Å². The molecule has 114 valence electrons. The molecule has 2 N–H and O–H groups in total. The summed E-state index contributed by atoms with van der Waals surface area (Å²) in [6.45, 7) is 0. The summed E-state index contributed by atoms with van der Waals surface area (Å²) < 4.78 is 0. The average molecular weight is 321 g/mol. The molecule has 2 aromatic carbocycles. The Morgan fingerprint density at radius 2 is 1.74 bits per heavy atom. The summed E-state index contributed by atoms with van der Waals surface area (Å²) in [6.07, 6.45) is 0.462. The smallest absolute Gasteiger partial charge is 0.226 e. The van der Waals surface area contributed by atoms with Crippen LogP contribution in [0.25, 0.3) is 0 Å². The number of hydrogen-bond donors (Lipinski definition) is 2. The van der Waals surface area contributed by atoms with E-state index in [2.05, 4.69) is 27.8 Å². The molecule has 0 saturated heterocycles. The molecule has 1 atom stereocenters. The minimum absolute atomic E-state index is 0.0166. The Morgan fingerprint density at radius 3 is 2.48 bits per heavy atom. The minimum Gasteiger partial charge on any atom is -0.331 e. The van der Waals surface area contributed by atoms with Crippen molar-refractivity contribution in [3.8, 4) is 0 Å². The third-order valence-corrected chi connectivity index (χ3v) is 4.93. The fourth-order valence-electron chi connectivity index (χ4n) is 2.77. The highest BCUT2D eigenvalue weighted by molar-refractivity contribution is 7.16. The van der Waals surface area contributed by atoms with Crippen molar-refractivity contribution in [1.82, 2.24) is 4.98 Å². The van der Waals surface area contributed by atoms with Gasteiger partial charge in [-0.1, -0.05) is 59.9 Å². The van der Waals surface area contributed by atoms with Gasteiger partial charge in [-0.05, 0) is 17.7 Å². The van der Waals surface area contributed by atoms with E-state index in [-0.39, 0.29) is 11.8 Å². The van der Waals surface area contributed by atoms with Gasteiger partial charge in [-0.25, -0.2) is 4.98 Å². The molecule has 3 aromatic rings. The molecule has 0 unspecified atom stereocenters. The van der Waals surface area contributed by atoms with Crippen LogP contribution in [-0.2, 0) is 4.79 Å². The van der Waals surface area contributed by atoms with Crippen LogP contribution >= 0.6 is 11.3 Å². The van der Waals surface area contributed by atoms with E-state index in [0.29, 0.717) is 12.2 Å². The third kappa shape index (κ3) is 2.83. The first-order valence-corrected chi connectivity index (χ1v) is 8.29. The molecule has 0 radical (unpaired) electrons. The van der Waals surface area contributed by atoms with Crippen molar-refractivity contribution in [2.75, 3.05) is 10.6 Å². The predicted molar refractivity (Wildman–Crippen MR) is 93.4 cm³/mol. The van der Waals surface area contributed by atoms with Crippen LogP contribution in [0.3, 0.4) is 0 Å². The van der Waals surface area contributed by atoms with Crippen LogP contribution in [0.4, 0.5) is 16.6 Å². The number of carbonyl (C=O) groups is 1. The van der Waals surface area contributed by atoms with Gasteiger partial charge < -0.3 is 10.6 Å². The van der Waals surface area contributed by atoms with E-state index in [1.54, 1.807) is 11.3 Å². The van der Waals surface area contributed by atoms with Gasteiger partial charge in [-0.3, -0.25) is 4.79 Å². The molecule has 1 aromatic heterocycles. The Bertz CT molecular complexity index is 830. The van der Waals surface area contributed by atoms with Gasteiger partial charge in [0.05, 0.1) is 4.88 Å². The molecule has 1 amide bonds. The zero-order valence-electron chi connectivity index (χ0n) is 12.3. The number of rotatable bonds is 3. The largest absolute Gasteiger partial charge is 0.331 e. The first-order valence-electron chi connectivity index (χ1n) is 7.47. The monoisotopic (exact) mass is 321 g/mol. The number of nitrogens with zero attached hydrogens (tertiary/aromatic N) is 1. The van der Waals surface area contributed by atoms with Crippen LogP contribution in [0, 0.1) is 0 Å². The Labute approximate surface area is 138 Å². The molecule has 4 nitrogen and oxygen atoms in total. The summed E-state index contributed by atoms with van der Waals surface area (Å²) in [6, 6.07) is 20.0. The standard InChI is InChI=1S/C18H15N3OS/c22-15-11-14(12-7-3-1-4-8-12)16-17(20-15)21-18(23-16)19-13-9-5-2-6-10-13/h1-10,14H,11H2,(H,19,21)(H,20,22)/t14-/m1/s1. The molecular formula is C18H15N3OS. The van der Waals surface area contributed by atoms with E-state index in [4.69, 9.17) is 0 Å². The normalized spacial score (nSPS) is 16.5. The van der Waals surface area contributed by atoms with Crippen LogP contribution < -0.4 is 10.6 Å². The number of nitrogens with one attached hydrogen (secondary N) is 2. The predicted octanol–water partition coefficient (Wildman–Crippen LogP) is 4.36. The van der Waals surface area contributed by atoms with Crippen molar-refractivity contribution in [2.24, 2.45) is 0 Å². The zero-order valence-corrected chi connectivity index (χ0v) is 13.1. The first kappa shape index (κ1) is 14.0. The molecule has 0 saturated carbocycles. The lowest BCUT2D eigenvalue weighted by molar-refractivity contribution is -0.116. The molecule has 4 rings (SSSR count). The summed E-state index contributed by atoms with van der Waals surface area (Å²) >= 11 is 1.60. The second kappa shape index (κ2) is 5.85. The van der Waals surface area contributed by atoms with Crippen LogP contribution in [0.5, 0.6) is 0 Å². The SMILES string of the molecule is O=C1C[C@H](c2ccccc2)c2sc(Nc3ccccc3)nc2N1. The molecule has 0 fully saturated rings. The number of fused-ring (bicyclic) bond motifs is 1. The third-order valence-electron chi connectivity index (χ3n) is 3.84. The Kier molecular flexibility index (Phi) is 3.55. The molecule has 2 heterocycles. The lowest BCUT2D eigenvalue weighted by Gasteiger charge is -2.21. The van der Waals surface area contributed by atoms with Crippen LogP contribution in [-0.4, -0.2) is 10.9 Å². The van der Waals surface area contributed by atoms with E-state index in [1.165, 1.54) is 0 Å².